The Labute approximate surface area is 269 Å². The number of likely N-dealkylation sites (tertiary alicyclic amines) is 2. The number of carbonyl (C=O) groups is 3. The lowest BCUT2D eigenvalue weighted by Crippen LogP contribution is -2.44. The first-order valence-electron chi connectivity index (χ1n) is 14.9. The van der Waals surface area contributed by atoms with Crippen LogP contribution in [0.2, 0.25) is 5.02 Å². The van der Waals surface area contributed by atoms with Crippen molar-refractivity contribution in [3.8, 4) is 11.3 Å². The fraction of sp³-hybridized carbons (Fsp3) is 0.483. The number of hydrogen-bond acceptors (Lipinski definition) is 6. The van der Waals surface area contributed by atoms with E-state index in [1.165, 1.54) is 25.2 Å². The second-order valence-corrected chi connectivity index (χ2v) is 12.9. The van der Waals surface area contributed by atoms with E-state index in [9.17, 15) is 36.3 Å². The molecule has 4 amide bonds. The van der Waals surface area contributed by atoms with Gasteiger partial charge in [-0.15, -0.1) is 0 Å². The number of anilines is 1. The van der Waals surface area contributed by atoms with Crippen molar-refractivity contribution in [2.75, 3.05) is 31.5 Å². The predicted octanol–water partition coefficient (Wildman–Crippen LogP) is 3.60. The molecule has 2 aliphatic heterocycles. The van der Waals surface area contributed by atoms with Crippen molar-refractivity contribution < 1.29 is 36.3 Å². The molecule has 4 fully saturated rings. The average Bonchev–Trinajstić information content (AvgIpc) is 3.47. The summed E-state index contributed by atoms with van der Waals surface area (Å²) in [7, 11) is 1.31. The molecular weight excluding hydrogens is 653 g/mol. The molecule has 18 heteroatoms. The summed E-state index contributed by atoms with van der Waals surface area (Å²) >= 11 is 6.39. The SMILES string of the molecule is Cn1c(-c2cn(C3CC3(F)F)nc2C(F)(F)F)cnc1C(=O)Nc1ccc(C(=O)NC2C3CN(C(=O)N4CC[C@@H](N)C4)CC32)c(Cl)c1. The third-order valence-electron chi connectivity index (χ3n) is 9.31. The number of aromatic nitrogens is 4. The van der Waals surface area contributed by atoms with Gasteiger partial charge in [0, 0.05) is 75.5 Å². The largest absolute Gasteiger partial charge is 0.435 e. The van der Waals surface area contributed by atoms with Crippen molar-refractivity contribution in [2.24, 2.45) is 24.6 Å². The van der Waals surface area contributed by atoms with Crippen LogP contribution in [0.1, 0.15) is 45.6 Å². The molecule has 2 saturated carbocycles. The quantitative estimate of drug-likeness (QED) is 0.340. The molecule has 2 aliphatic carbocycles. The molecule has 3 aromatic rings. The van der Waals surface area contributed by atoms with Gasteiger partial charge in [-0.05, 0) is 24.6 Å². The first-order chi connectivity index (χ1) is 22.1. The summed E-state index contributed by atoms with van der Waals surface area (Å²) in [6.07, 6.45) is -2.87. The first kappa shape index (κ1) is 31.4. The number of halogens is 6. The van der Waals surface area contributed by atoms with Gasteiger partial charge in [-0.2, -0.15) is 18.3 Å². The standard InChI is InChI=1S/C29H29ClF5N9O3/c1-41-20(18-12-44(21-7-28(21,31)32)40-23(18)29(33,34)35)8-37-24(41)26(46)38-14-2-3-15(19(30)6-14)25(45)39-22-16-10-43(11-17(16)22)27(47)42-5-4-13(36)9-42/h2-3,6,8,12-13,16-17,21-22H,4-5,7,9-11,36H2,1H3,(H,38,46)(H,39,45)/t13-,16?,17?,21?,22?/m1/s1. The lowest BCUT2D eigenvalue weighted by atomic mass is 10.2. The van der Waals surface area contributed by atoms with Crippen LogP contribution in [0.25, 0.3) is 11.3 Å². The molecule has 12 nitrogen and oxygen atoms in total. The number of nitrogens with two attached hydrogens (primary N) is 1. The predicted molar refractivity (Wildman–Crippen MR) is 157 cm³/mol. The van der Waals surface area contributed by atoms with Gasteiger partial charge in [0.1, 0.15) is 6.04 Å². The number of urea groups is 1. The van der Waals surface area contributed by atoms with Crippen LogP contribution in [0.5, 0.6) is 0 Å². The van der Waals surface area contributed by atoms with E-state index in [4.69, 9.17) is 17.3 Å². The van der Waals surface area contributed by atoms with E-state index in [-0.39, 0.29) is 57.7 Å². The van der Waals surface area contributed by atoms with Crippen LogP contribution in [0.15, 0.2) is 30.6 Å². The van der Waals surface area contributed by atoms with Crippen molar-refractivity contribution in [3.63, 3.8) is 0 Å². The summed E-state index contributed by atoms with van der Waals surface area (Å²) in [6, 6.07) is 2.63. The Morgan fingerprint density at radius 3 is 2.38 bits per heavy atom. The molecule has 0 bridgehead atoms. The first-order valence-corrected chi connectivity index (χ1v) is 15.3. The number of hydrogen-bond donors (Lipinski definition) is 3. The van der Waals surface area contributed by atoms with Crippen molar-refractivity contribution >= 4 is 35.1 Å². The van der Waals surface area contributed by atoms with Gasteiger partial charge in [0.2, 0.25) is 0 Å². The maximum absolute atomic E-state index is 13.7. The molecular formula is C29H29ClF5N9O3. The van der Waals surface area contributed by atoms with Gasteiger partial charge < -0.3 is 30.7 Å². The van der Waals surface area contributed by atoms with Crippen LogP contribution >= 0.6 is 11.6 Å². The van der Waals surface area contributed by atoms with E-state index in [0.717, 1.165) is 23.4 Å². The lowest BCUT2D eigenvalue weighted by molar-refractivity contribution is -0.141. The molecule has 4 heterocycles. The number of fused-ring (bicyclic) bond motifs is 1. The van der Waals surface area contributed by atoms with Crippen LogP contribution in [0, 0.1) is 11.8 Å². The molecule has 4 N–H and O–H groups in total. The monoisotopic (exact) mass is 681 g/mol. The second-order valence-electron chi connectivity index (χ2n) is 12.5. The smallest absolute Gasteiger partial charge is 0.349 e. The lowest BCUT2D eigenvalue weighted by Gasteiger charge is -2.26. The minimum atomic E-state index is -4.94. The third-order valence-corrected chi connectivity index (χ3v) is 9.62. The van der Waals surface area contributed by atoms with Crippen LogP contribution < -0.4 is 16.4 Å². The van der Waals surface area contributed by atoms with Crippen molar-refractivity contribution in [3.05, 3.63) is 52.7 Å². The molecule has 250 valence electrons. The van der Waals surface area contributed by atoms with Crippen LogP contribution in [0.3, 0.4) is 0 Å². The van der Waals surface area contributed by atoms with Gasteiger partial charge in [-0.25, -0.2) is 18.6 Å². The molecule has 4 atom stereocenters. The number of amides is 4. The van der Waals surface area contributed by atoms with Gasteiger partial charge in [-0.3, -0.25) is 14.3 Å². The number of piperidine rings is 1. The molecule has 4 aliphatic rings. The third kappa shape index (κ3) is 5.68. The number of benzene rings is 1. The van der Waals surface area contributed by atoms with Crippen LogP contribution in [0.4, 0.5) is 32.4 Å². The highest BCUT2D eigenvalue weighted by atomic mass is 35.5. The number of rotatable bonds is 6. The normalized spacial score (nSPS) is 25.9. The molecule has 1 aromatic carbocycles. The Kier molecular flexibility index (Phi) is 7.27. The zero-order valence-electron chi connectivity index (χ0n) is 24.8. The van der Waals surface area contributed by atoms with Gasteiger partial charge >= 0.3 is 12.2 Å². The number of carbonyl (C=O) groups excluding carboxylic acids is 3. The zero-order chi connectivity index (χ0) is 33.6. The van der Waals surface area contributed by atoms with E-state index >= 15 is 0 Å². The van der Waals surface area contributed by atoms with Crippen molar-refractivity contribution in [1.82, 2.24) is 34.4 Å². The topological polar surface area (TPSA) is 143 Å². The van der Waals surface area contributed by atoms with Crippen molar-refractivity contribution in [1.29, 1.82) is 0 Å². The van der Waals surface area contributed by atoms with E-state index < -0.39 is 47.6 Å². The van der Waals surface area contributed by atoms with Crippen molar-refractivity contribution in [2.45, 2.75) is 43.1 Å². The average molecular weight is 682 g/mol. The molecule has 2 saturated heterocycles. The highest BCUT2D eigenvalue weighted by molar-refractivity contribution is 6.34. The fourth-order valence-corrected chi connectivity index (χ4v) is 6.82. The maximum Gasteiger partial charge on any atom is 0.435 e. The summed E-state index contributed by atoms with van der Waals surface area (Å²) in [5.74, 6) is -4.32. The van der Waals surface area contributed by atoms with Gasteiger partial charge in [0.25, 0.3) is 17.7 Å². The Morgan fingerprint density at radius 1 is 1.09 bits per heavy atom. The van der Waals surface area contributed by atoms with E-state index in [0.29, 0.717) is 30.9 Å². The zero-order valence-corrected chi connectivity index (χ0v) is 25.5. The highest BCUT2D eigenvalue weighted by Gasteiger charge is 2.60. The minimum Gasteiger partial charge on any atom is -0.349 e. The molecule has 2 aromatic heterocycles. The molecule has 3 unspecified atom stereocenters. The number of nitrogens with zero attached hydrogens (tertiary/aromatic N) is 6. The summed E-state index contributed by atoms with van der Waals surface area (Å²) < 4.78 is 70.0. The fourth-order valence-electron chi connectivity index (χ4n) is 6.56. The van der Waals surface area contributed by atoms with Gasteiger partial charge in [-0.1, -0.05) is 11.6 Å². The second kappa shape index (κ2) is 10.9. The van der Waals surface area contributed by atoms with Crippen LogP contribution in [-0.4, -0.2) is 91.2 Å². The summed E-state index contributed by atoms with van der Waals surface area (Å²) in [4.78, 5) is 46.3. The Hall–Kier alpha value is -4.25. The maximum atomic E-state index is 13.7. The molecule has 47 heavy (non-hydrogen) atoms. The molecule has 0 radical (unpaired) electrons. The van der Waals surface area contributed by atoms with E-state index in [2.05, 4.69) is 20.7 Å². The Bertz CT molecular complexity index is 1780. The number of nitrogens with one attached hydrogen (secondary N) is 2. The summed E-state index contributed by atoms with van der Waals surface area (Å²) in [6.45, 7) is 2.28. The van der Waals surface area contributed by atoms with E-state index in [1.54, 1.807) is 9.80 Å². The molecule has 7 rings (SSSR count). The van der Waals surface area contributed by atoms with E-state index in [1.807, 2.05) is 0 Å². The molecule has 0 spiro atoms. The Balaban J connectivity index is 0.982. The van der Waals surface area contributed by atoms with Gasteiger partial charge in [0.05, 0.1) is 28.0 Å². The minimum absolute atomic E-state index is 0.000918. The van der Waals surface area contributed by atoms with Gasteiger partial charge in [0.15, 0.2) is 11.5 Å². The Morgan fingerprint density at radius 2 is 1.79 bits per heavy atom. The summed E-state index contributed by atoms with van der Waals surface area (Å²) in [5.41, 5.74) is 4.26. The van der Waals surface area contributed by atoms with Crippen LogP contribution in [-0.2, 0) is 13.2 Å². The number of imidazole rings is 1. The number of alkyl halides is 5. The highest BCUT2D eigenvalue weighted by Crippen LogP contribution is 2.53. The summed E-state index contributed by atoms with van der Waals surface area (Å²) in [5, 5.41) is 8.95.